The normalized spacial score (nSPS) is 12.8. The molecule has 0 saturated carbocycles. The van der Waals surface area contributed by atoms with E-state index in [-0.39, 0.29) is 6.03 Å². The van der Waals surface area contributed by atoms with Gasteiger partial charge in [0.2, 0.25) is 0 Å². The minimum absolute atomic E-state index is 0.132. The van der Waals surface area contributed by atoms with Crippen molar-refractivity contribution in [3.05, 3.63) is 40.7 Å². The van der Waals surface area contributed by atoms with Gasteiger partial charge in [0.15, 0.2) is 11.5 Å². The van der Waals surface area contributed by atoms with Crippen LogP contribution in [0, 0.1) is 0 Å². The number of amides is 2. The lowest BCUT2D eigenvalue weighted by Crippen LogP contribution is -2.37. The van der Waals surface area contributed by atoms with Gasteiger partial charge in [0.05, 0.1) is 17.8 Å². The average molecular weight is 365 g/mol. The van der Waals surface area contributed by atoms with Crippen LogP contribution in [0.25, 0.3) is 0 Å². The van der Waals surface area contributed by atoms with Crippen molar-refractivity contribution in [2.24, 2.45) is 7.05 Å². The molecule has 0 bridgehead atoms. The predicted molar refractivity (Wildman–Crippen MR) is 94.2 cm³/mol. The van der Waals surface area contributed by atoms with Crippen LogP contribution in [0.1, 0.15) is 11.1 Å². The van der Waals surface area contributed by atoms with Crippen molar-refractivity contribution >= 4 is 17.6 Å². The summed E-state index contributed by atoms with van der Waals surface area (Å²) in [4.78, 5) is 13.8. The summed E-state index contributed by atoms with van der Waals surface area (Å²) in [7, 11) is 3.60. The number of rotatable bonds is 5. The van der Waals surface area contributed by atoms with E-state index in [2.05, 4.69) is 10.4 Å². The second kappa shape index (κ2) is 7.65. The van der Waals surface area contributed by atoms with Gasteiger partial charge in [-0.25, -0.2) is 4.79 Å². The van der Waals surface area contributed by atoms with Gasteiger partial charge in [-0.15, -0.1) is 0 Å². The van der Waals surface area contributed by atoms with Crippen LogP contribution in [0.15, 0.2) is 24.5 Å². The van der Waals surface area contributed by atoms with Crippen LogP contribution in [-0.2, 0) is 20.0 Å². The van der Waals surface area contributed by atoms with Crippen molar-refractivity contribution in [3.8, 4) is 11.5 Å². The number of hydrogen-bond acceptors (Lipinski definition) is 4. The van der Waals surface area contributed by atoms with Gasteiger partial charge < -0.3 is 19.7 Å². The number of fused-ring (bicyclic) bond motifs is 1. The van der Waals surface area contributed by atoms with E-state index in [9.17, 15) is 4.79 Å². The SMILES string of the molecule is CN(Cc1cnn(C)c1)C(=O)NCCc1cc(Cl)c2c(c1)OCCO2. The zero-order valence-electron chi connectivity index (χ0n) is 14.3. The number of aromatic nitrogens is 2. The molecule has 1 aliphatic heterocycles. The van der Waals surface area contributed by atoms with E-state index in [1.807, 2.05) is 25.4 Å². The van der Waals surface area contributed by atoms with E-state index in [0.717, 1.165) is 11.1 Å². The van der Waals surface area contributed by atoms with Gasteiger partial charge in [-0.05, 0) is 24.1 Å². The molecule has 0 unspecified atom stereocenters. The van der Waals surface area contributed by atoms with E-state index in [1.165, 1.54) is 0 Å². The largest absolute Gasteiger partial charge is 0.486 e. The Morgan fingerprint density at radius 2 is 2.16 bits per heavy atom. The third-order valence-corrected chi connectivity index (χ3v) is 4.15. The number of aryl methyl sites for hydroxylation is 1. The fraction of sp³-hybridized carbons (Fsp3) is 0.412. The van der Waals surface area contributed by atoms with Crippen molar-refractivity contribution in [2.75, 3.05) is 26.8 Å². The van der Waals surface area contributed by atoms with Gasteiger partial charge in [0.25, 0.3) is 0 Å². The van der Waals surface area contributed by atoms with E-state index < -0.39 is 0 Å². The highest BCUT2D eigenvalue weighted by Gasteiger charge is 2.17. The number of hydrogen-bond donors (Lipinski definition) is 1. The molecular weight excluding hydrogens is 344 g/mol. The molecule has 1 N–H and O–H groups in total. The smallest absolute Gasteiger partial charge is 0.317 e. The topological polar surface area (TPSA) is 68.6 Å². The summed E-state index contributed by atoms with van der Waals surface area (Å²) in [6.07, 6.45) is 4.30. The fourth-order valence-corrected chi connectivity index (χ4v) is 2.94. The third kappa shape index (κ3) is 4.36. The molecule has 2 aromatic rings. The summed E-state index contributed by atoms with van der Waals surface area (Å²) >= 11 is 6.22. The number of ether oxygens (including phenoxy) is 2. The summed E-state index contributed by atoms with van der Waals surface area (Å²) in [6.45, 7) is 2.04. The molecule has 1 aromatic heterocycles. The highest BCUT2D eigenvalue weighted by Crippen LogP contribution is 2.38. The Balaban J connectivity index is 1.50. The quantitative estimate of drug-likeness (QED) is 0.883. The second-order valence-electron chi connectivity index (χ2n) is 5.96. The molecule has 0 spiro atoms. The predicted octanol–water partition coefficient (Wildman–Crippen LogP) is 2.23. The first kappa shape index (κ1) is 17.4. The van der Waals surface area contributed by atoms with Crippen molar-refractivity contribution in [1.82, 2.24) is 20.0 Å². The van der Waals surface area contributed by atoms with Crippen molar-refractivity contribution in [1.29, 1.82) is 0 Å². The molecule has 1 aliphatic rings. The van der Waals surface area contributed by atoms with Crippen LogP contribution in [0.2, 0.25) is 5.02 Å². The lowest BCUT2D eigenvalue weighted by atomic mass is 10.1. The summed E-state index contributed by atoms with van der Waals surface area (Å²) in [5.74, 6) is 1.26. The molecule has 2 amide bonds. The van der Waals surface area contributed by atoms with Gasteiger partial charge >= 0.3 is 6.03 Å². The van der Waals surface area contributed by atoms with Gasteiger partial charge in [0, 0.05) is 32.4 Å². The van der Waals surface area contributed by atoms with E-state index in [1.54, 1.807) is 22.8 Å². The van der Waals surface area contributed by atoms with Gasteiger partial charge in [-0.1, -0.05) is 11.6 Å². The number of urea groups is 1. The Morgan fingerprint density at radius 3 is 2.92 bits per heavy atom. The van der Waals surface area contributed by atoms with Gasteiger partial charge in [-0.2, -0.15) is 5.10 Å². The Bertz CT molecular complexity index is 762. The Morgan fingerprint density at radius 1 is 1.36 bits per heavy atom. The number of carbonyl (C=O) groups excluding carboxylic acids is 1. The number of benzene rings is 1. The first-order valence-electron chi connectivity index (χ1n) is 8.07. The van der Waals surface area contributed by atoms with Crippen molar-refractivity contribution < 1.29 is 14.3 Å². The van der Waals surface area contributed by atoms with E-state index in [4.69, 9.17) is 21.1 Å². The molecule has 2 heterocycles. The second-order valence-corrected chi connectivity index (χ2v) is 6.37. The molecule has 25 heavy (non-hydrogen) atoms. The number of carbonyl (C=O) groups is 1. The maximum absolute atomic E-state index is 12.2. The molecule has 0 atom stereocenters. The minimum Gasteiger partial charge on any atom is -0.486 e. The highest BCUT2D eigenvalue weighted by molar-refractivity contribution is 6.32. The van der Waals surface area contributed by atoms with Crippen molar-refractivity contribution in [3.63, 3.8) is 0 Å². The Labute approximate surface area is 151 Å². The molecule has 3 rings (SSSR count). The maximum atomic E-state index is 12.2. The van der Waals surface area contributed by atoms with Crippen LogP contribution in [0.3, 0.4) is 0 Å². The standard InChI is InChI=1S/C17H21ClN4O3/c1-21(10-13-9-20-22(2)11-13)17(23)19-4-3-12-7-14(18)16-15(8-12)24-5-6-25-16/h7-9,11H,3-6,10H2,1-2H3,(H,19,23). The summed E-state index contributed by atoms with van der Waals surface area (Å²) < 4.78 is 12.8. The summed E-state index contributed by atoms with van der Waals surface area (Å²) in [5.41, 5.74) is 1.98. The van der Waals surface area contributed by atoms with Gasteiger partial charge in [0.1, 0.15) is 13.2 Å². The van der Waals surface area contributed by atoms with E-state index in [0.29, 0.717) is 49.2 Å². The number of nitrogens with zero attached hydrogens (tertiary/aromatic N) is 3. The number of halogens is 1. The van der Waals surface area contributed by atoms with Crippen LogP contribution < -0.4 is 14.8 Å². The maximum Gasteiger partial charge on any atom is 0.317 e. The number of nitrogens with one attached hydrogen (secondary N) is 1. The van der Waals surface area contributed by atoms with E-state index >= 15 is 0 Å². The minimum atomic E-state index is -0.132. The molecule has 1 aromatic carbocycles. The molecule has 134 valence electrons. The lowest BCUT2D eigenvalue weighted by Gasteiger charge is -2.20. The molecule has 0 radical (unpaired) electrons. The first-order valence-corrected chi connectivity index (χ1v) is 8.45. The Kier molecular flexibility index (Phi) is 5.33. The van der Waals surface area contributed by atoms with Crippen molar-refractivity contribution in [2.45, 2.75) is 13.0 Å². The third-order valence-electron chi connectivity index (χ3n) is 3.87. The average Bonchev–Trinajstić information content (AvgIpc) is 2.99. The fourth-order valence-electron chi connectivity index (χ4n) is 2.66. The van der Waals surface area contributed by atoms with Crippen LogP contribution in [0.4, 0.5) is 4.79 Å². The van der Waals surface area contributed by atoms with Crippen LogP contribution in [-0.4, -0.2) is 47.5 Å². The summed E-state index contributed by atoms with van der Waals surface area (Å²) in [5, 5.41) is 7.53. The molecule has 0 saturated heterocycles. The molecular formula is C17H21ClN4O3. The molecule has 0 aliphatic carbocycles. The summed E-state index contributed by atoms with van der Waals surface area (Å²) in [6, 6.07) is 3.62. The zero-order valence-corrected chi connectivity index (χ0v) is 15.0. The van der Waals surface area contributed by atoms with Gasteiger partial charge in [-0.3, -0.25) is 4.68 Å². The Hall–Kier alpha value is -2.41. The molecule has 8 heteroatoms. The molecule has 7 nitrogen and oxygen atoms in total. The molecule has 0 fully saturated rings. The first-order chi connectivity index (χ1) is 12.0. The van der Waals surface area contributed by atoms with Crippen LogP contribution in [0.5, 0.6) is 11.5 Å². The lowest BCUT2D eigenvalue weighted by molar-refractivity contribution is 0.171. The monoisotopic (exact) mass is 364 g/mol. The highest BCUT2D eigenvalue weighted by atomic mass is 35.5. The zero-order chi connectivity index (χ0) is 17.8. The van der Waals surface area contributed by atoms with Crippen LogP contribution >= 0.6 is 11.6 Å².